The lowest BCUT2D eigenvalue weighted by molar-refractivity contribution is 0.256. The molecule has 3 aromatic carbocycles. The van der Waals surface area contributed by atoms with Crippen molar-refractivity contribution in [1.29, 1.82) is 0 Å². The largest absolute Gasteiger partial charge is 0.504 e. The molecule has 0 spiro atoms. The van der Waals surface area contributed by atoms with Crippen LogP contribution < -0.4 is 15.0 Å². The number of rotatable bonds is 5. The molecule has 6 heteroatoms. The molecule has 3 aromatic rings. The molecule has 0 atom stereocenters. The molecule has 27 heavy (non-hydrogen) atoms. The summed E-state index contributed by atoms with van der Waals surface area (Å²) in [6, 6.07) is 21.5. The summed E-state index contributed by atoms with van der Waals surface area (Å²) < 4.78 is 5.10. The molecule has 0 aliphatic carbocycles. The third-order valence-corrected chi connectivity index (χ3v) is 4.41. The molecule has 0 radical (unpaired) electrons. The Morgan fingerprint density at radius 2 is 1.78 bits per heavy atom. The summed E-state index contributed by atoms with van der Waals surface area (Å²) >= 11 is 4.49. The lowest BCUT2D eigenvalue weighted by Crippen LogP contribution is -2.34. The number of hydrogen-bond donors (Lipinski definition) is 3. The third-order valence-electron chi connectivity index (χ3n) is 4.03. The predicted octanol–water partition coefficient (Wildman–Crippen LogP) is 4.93. The van der Waals surface area contributed by atoms with Gasteiger partial charge in [0.1, 0.15) is 0 Å². The number of hydrogen-bond acceptors (Lipinski definition) is 4. The summed E-state index contributed by atoms with van der Waals surface area (Å²) in [5.74, 6) is 0.300. The van der Waals surface area contributed by atoms with E-state index >= 15 is 0 Å². The summed E-state index contributed by atoms with van der Waals surface area (Å²) in [4.78, 5) is 15.4. The Labute approximate surface area is 163 Å². The van der Waals surface area contributed by atoms with Crippen molar-refractivity contribution in [2.45, 2.75) is 11.4 Å². The molecule has 5 nitrogen and oxygen atoms in total. The highest BCUT2D eigenvalue weighted by Crippen LogP contribution is 2.30. The molecule has 2 N–H and O–H groups in total. The molecule has 0 heterocycles. The zero-order valence-corrected chi connectivity index (χ0v) is 15.7. The number of aromatic hydroxyl groups is 1. The van der Waals surface area contributed by atoms with Crippen LogP contribution in [-0.2, 0) is 6.54 Å². The minimum atomic E-state index is -0.312. The molecule has 0 aliphatic rings. The normalized spacial score (nSPS) is 10.3. The molecule has 0 aromatic heterocycles. The maximum Gasteiger partial charge on any atom is 0.326 e. The van der Waals surface area contributed by atoms with Crippen LogP contribution in [0.1, 0.15) is 5.56 Å². The van der Waals surface area contributed by atoms with Crippen LogP contribution in [-0.4, -0.2) is 18.2 Å². The van der Waals surface area contributed by atoms with Crippen LogP contribution in [0.2, 0.25) is 0 Å². The van der Waals surface area contributed by atoms with Gasteiger partial charge in [-0.15, -0.1) is 12.6 Å². The van der Waals surface area contributed by atoms with E-state index in [0.29, 0.717) is 22.8 Å². The summed E-state index contributed by atoms with van der Waals surface area (Å²) in [5, 5.41) is 12.6. The molecule has 3 rings (SSSR count). The predicted molar refractivity (Wildman–Crippen MR) is 110 cm³/mol. The van der Waals surface area contributed by atoms with Crippen LogP contribution in [0.4, 0.5) is 16.2 Å². The Bertz CT molecular complexity index is 932. The second-order valence-electron chi connectivity index (χ2n) is 5.88. The number of nitrogens with one attached hydrogen (secondary N) is 1. The molecule has 0 bridgehead atoms. The van der Waals surface area contributed by atoms with Crippen molar-refractivity contribution in [3.8, 4) is 11.5 Å². The van der Waals surface area contributed by atoms with Crippen LogP contribution in [0.15, 0.2) is 77.7 Å². The van der Waals surface area contributed by atoms with Crippen molar-refractivity contribution in [1.82, 2.24) is 0 Å². The Hall–Kier alpha value is -3.12. The first-order valence-electron chi connectivity index (χ1n) is 8.36. The second kappa shape index (κ2) is 8.51. The van der Waals surface area contributed by atoms with Gasteiger partial charge in [0.05, 0.1) is 19.3 Å². The highest BCUT2D eigenvalue weighted by molar-refractivity contribution is 7.80. The molecular formula is C21H20N2O3S. The zero-order valence-electron chi connectivity index (χ0n) is 14.8. The van der Waals surface area contributed by atoms with Gasteiger partial charge in [-0.3, -0.25) is 4.90 Å². The highest BCUT2D eigenvalue weighted by Gasteiger charge is 2.19. The van der Waals surface area contributed by atoms with Crippen LogP contribution in [0, 0.1) is 0 Å². The number of thiol groups is 1. The zero-order chi connectivity index (χ0) is 19.2. The van der Waals surface area contributed by atoms with Crippen molar-refractivity contribution in [2.24, 2.45) is 0 Å². The third kappa shape index (κ3) is 4.54. The number of carbonyl (C=O) groups is 1. The molecule has 0 saturated carbocycles. The number of ether oxygens (including phenoxy) is 1. The Kier molecular flexibility index (Phi) is 5.88. The Balaban J connectivity index is 1.90. The molecule has 138 valence electrons. The number of benzene rings is 3. The van der Waals surface area contributed by atoms with Gasteiger partial charge in [0.25, 0.3) is 0 Å². The molecular weight excluding hydrogens is 360 g/mol. The van der Waals surface area contributed by atoms with Gasteiger partial charge in [-0.1, -0.05) is 42.5 Å². The van der Waals surface area contributed by atoms with Gasteiger partial charge in [0.2, 0.25) is 0 Å². The maximum absolute atomic E-state index is 13.0. The van der Waals surface area contributed by atoms with Crippen LogP contribution >= 0.6 is 12.6 Å². The number of urea groups is 1. The molecule has 0 aliphatic heterocycles. The van der Waals surface area contributed by atoms with Gasteiger partial charge in [0, 0.05) is 16.6 Å². The second-order valence-corrected chi connectivity index (χ2v) is 6.36. The van der Waals surface area contributed by atoms with E-state index in [1.165, 1.54) is 13.2 Å². The topological polar surface area (TPSA) is 61.8 Å². The van der Waals surface area contributed by atoms with Gasteiger partial charge < -0.3 is 15.2 Å². The van der Waals surface area contributed by atoms with Gasteiger partial charge >= 0.3 is 6.03 Å². The van der Waals surface area contributed by atoms with Gasteiger partial charge in [-0.25, -0.2) is 4.79 Å². The molecule has 0 saturated heterocycles. The number of amides is 2. The van der Waals surface area contributed by atoms with Crippen LogP contribution in [0.3, 0.4) is 0 Å². The summed E-state index contributed by atoms with van der Waals surface area (Å²) in [6.45, 7) is 0.388. The Morgan fingerprint density at radius 1 is 1.07 bits per heavy atom. The average molecular weight is 380 g/mol. The van der Waals surface area contributed by atoms with E-state index in [2.05, 4.69) is 17.9 Å². The van der Waals surface area contributed by atoms with Crippen LogP contribution in [0.5, 0.6) is 11.5 Å². The van der Waals surface area contributed by atoms with E-state index in [4.69, 9.17) is 4.74 Å². The number of methoxy groups -OCH3 is 1. The van der Waals surface area contributed by atoms with Crippen molar-refractivity contribution in [3.05, 3.63) is 78.4 Å². The summed E-state index contributed by atoms with van der Waals surface area (Å²) in [5.41, 5.74) is 2.21. The number of carbonyl (C=O) groups excluding carboxylic acids is 1. The quantitative estimate of drug-likeness (QED) is 0.434. The standard InChI is InChI=1S/C21H20N2O3S/c1-26-19-13-16(11-12-18(19)24)22-21(25)23(14-15-7-3-2-4-8-15)17-9-5-6-10-20(17)27/h2-13,24,27H,14H2,1H3,(H,22,25). The van der Waals surface area contributed by atoms with Gasteiger partial charge in [-0.05, 0) is 29.8 Å². The van der Waals surface area contributed by atoms with E-state index in [9.17, 15) is 9.90 Å². The first-order chi connectivity index (χ1) is 13.1. The first-order valence-corrected chi connectivity index (χ1v) is 8.80. The highest BCUT2D eigenvalue weighted by atomic mass is 32.1. The first kappa shape index (κ1) is 18.7. The molecule has 2 amide bonds. The van der Waals surface area contributed by atoms with E-state index in [0.717, 1.165) is 5.56 Å². The fraction of sp³-hybridized carbons (Fsp3) is 0.0952. The smallest absolute Gasteiger partial charge is 0.326 e. The van der Waals surface area contributed by atoms with E-state index < -0.39 is 0 Å². The maximum atomic E-state index is 13.0. The van der Waals surface area contributed by atoms with Gasteiger partial charge in [0.15, 0.2) is 11.5 Å². The van der Waals surface area contributed by atoms with E-state index in [-0.39, 0.29) is 17.5 Å². The lowest BCUT2D eigenvalue weighted by Gasteiger charge is -2.25. The number of anilines is 2. The average Bonchev–Trinajstić information content (AvgIpc) is 2.69. The fourth-order valence-electron chi connectivity index (χ4n) is 2.67. The van der Waals surface area contributed by atoms with Crippen LogP contribution in [0.25, 0.3) is 0 Å². The van der Waals surface area contributed by atoms with Crippen molar-refractivity contribution in [3.63, 3.8) is 0 Å². The SMILES string of the molecule is COc1cc(NC(=O)N(Cc2ccccc2)c2ccccc2S)ccc1O. The minimum Gasteiger partial charge on any atom is -0.504 e. The summed E-state index contributed by atoms with van der Waals surface area (Å²) in [6.07, 6.45) is 0. The Morgan fingerprint density at radius 3 is 2.48 bits per heavy atom. The van der Waals surface area contributed by atoms with E-state index in [1.54, 1.807) is 17.0 Å². The summed E-state index contributed by atoms with van der Waals surface area (Å²) in [7, 11) is 1.46. The number of nitrogens with zero attached hydrogens (tertiary/aromatic N) is 1. The van der Waals surface area contributed by atoms with Crippen molar-refractivity contribution < 1.29 is 14.6 Å². The number of phenolic OH excluding ortho intramolecular Hbond substituents is 1. The monoisotopic (exact) mass is 380 g/mol. The van der Waals surface area contributed by atoms with Crippen molar-refractivity contribution in [2.75, 3.05) is 17.3 Å². The minimum absolute atomic E-state index is 0.0114. The fourth-order valence-corrected chi connectivity index (χ4v) is 2.95. The number of phenols is 1. The lowest BCUT2D eigenvalue weighted by atomic mass is 10.2. The van der Waals surface area contributed by atoms with E-state index in [1.807, 2.05) is 54.6 Å². The number of para-hydroxylation sites is 1. The van der Waals surface area contributed by atoms with Gasteiger partial charge in [-0.2, -0.15) is 0 Å². The molecule has 0 fully saturated rings. The van der Waals surface area contributed by atoms with Crippen molar-refractivity contribution >= 4 is 30.0 Å². The molecule has 0 unspecified atom stereocenters.